The third-order valence-electron chi connectivity index (χ3n) is 3.76. The molecule has 2 aliphatic rings. The van der Waals surface area contributed by atoms with Crippen LogP contribution >= 0.6 is 11.8 Å². The molecule has 18 heavy (non-hydrogen) atoms. The van der Waals surface area contributed by atoms with E-state index >= 15 is 0 Å². The molecule has 1 aromatic rings. The average Bonchev–Trinajstić information content (AvgIpc) is 3.02. The minimum atomic E-state index is 0.179. The summed E-state index contributed by atoms with van der Waals surface area (Å²) in [4.78, 5) is 0. The minimum absolute atomic E-state index is 0.179. The lowest BCUT2D eigenvalue weighted by molar-refractivity contribution is -0.0131. The topological polar surface area (TPSA) is 39.1 Å². The molecule has 2 aliphatic heterocycles. The Kier molecular flexibility index (Phi) is 3.91. The molecule has 0 unspecified atom stereocenters. The molecule has 2 fully saturated rings. The molecule has 0 radical (unpaired) electrons. The lowest BCUT2D eigenvalue weighted by Gasteiger charge is -2.33. The Morgan fingerprint density at radius 2 is 2.44 bits per heavy atom. The van der Waals surface area contributed by atoms with Crippen molar-refractivity contribution in [2.75, 3.05) is 18.1 Å². The smallest absolute Gasteiger partial charge is 0.101 e. The van der Waals surface area contributed by atoms with Crippen molar-refractivity contribution in [3.05, 3.63) is 18.0 Å². The highest BCUT2D eigenvalue weighted by atomic mass is 32.2. The number of rotatable bonds is 3. The SMILES string of the molecule is Cn1cc([C@H]2OCCC[C@@H]2N[C@H]2CCSC2)cn1. The van der Waals surface area contributed by atoms with Gasteiger partial charge in [-0.1, -0.05) is 0 Å². The summed E-state index contributed by atoms with van der Waals surface area (Å²) in [6, 6.07) is 1.12. The average molecular weight is 267 g/mol. The summed E-state index contributed by atoms with van der Waals surface area (Å²) in [5.74, 6) is 2.54. The summed E-state index contributed by atoms with van der Waals surface area (Å²) in [6.45, 7) is 0.872. The van der Waals surface area contributed by atoms with Gasteiger partial charge in [0.1, 0.15) is 6.10 Å². The van der Waals surface area contributed by atoms with Crippen LogP contribution in [-0.4, -0.2) is 40.0 Å². The first-order valence-corrected chi connectivity index (χ1v) is 7.92. The second-order valence-electron chi connectivity index (χ2n) is 5.21. The predicted octanol–water partition coefficient (Wildman–Crippen LogP) is 1.74. The lowest BCUT2D eigenvalue weighted by atomic mass is 9.97. The highest BCUT2D eigenvalue weighted by Crippen LogP contribution is 2.29. The maximum absolute atomic E-state index is 5.98. The van der Waals surface area contributed by atoms with Gasteiger partial charge in [0.05, 0.1) is 6.20 Å². The maximum Gasteiger partial charge on any atom is 0.101 e. The molecule has 0 spiro atoms. The van der Waals surface area contributed by atoms with Gasteiger partial charge in [0, 0.05) is 43.3 Å². The Morgan fingerprint density at radius 1 is 1.50 bits per heavy atom. The number of thioether (sulfide) groups is 1. The molecule has 0 amide bonds. The van der Waals surface area contributed by atoms with Crippen LogP contribution in [0.3, 0.4) is 0 Å². The number of nitrogens with zero attached hydrogens (tertiary/aromatic N) is 2. The Bertz CT molecular complexity index is 389. The van der Waals surface area contributed by atoms with Gasteiger partial charge < -0.3 is 10.1 Å². The number of hydrogen-bond acceptors (Lipinski definition) is 4. The summed E-state index contributed by atoms with van der Waals surface area (Å²) in [6.07, 6.45) is 7.86. The van der Waals surface area contributed by atoms with Gasteiger partial charge in [0.15, 0.2) is 0 Å². The van der Waals surface area contributed by atoms with Crippen LogP contribution in [0.25, 0.3) is 0 Å². The zero-order valence-electron chi connectivity index (χ0n) is 10.8. The first-order chi connectivity index (χ1) is 8.83. The fourth-order valence-electron chi connectivity index (χ4n) is 2.84. The second-order valence-corrected chi connectivity index (χ2v) is 6.36. The first-order valence-electron chi connectivity index (χ1n) is 6.77. The summed E-state index contributed by atoms with van der Waals surface area (Å²) in [5.41, 5.74) is 1.21. The lowest BCUT2D eigenvalue weighted by Crippen LogP contribution is -2.44. The Morgan fingerprint density at radius 3 is 3.17 bits per heavy atom. The van der Waals surface area contributed by atoms with E-state index < -0.39 is 0 Å². The molecule has 1 N–H and O–H groups in total. The van der Waals surface area contributed by atoms with Crippen molar-refractivity contribution in [2.24, 2.45) is 7.05 Å². The number of ether oxygens (including phenoxy) is 1. The van der Waals surface area contributed by atoms with E-state index in [1.165, 1.54) is 29.9 Å². The van der Waals surface area contributed by atoms with Gasteiger partial charge in [-0.15, -0.1) is 0 Å². The highest BCUT2D eigenvalue weighted by Gasteiger charge is 2.30. The summed E-state index contributed by atoms with van der Waals surface area (Å²) in [5, 5.41) is 8.06. The third kappa shape index (κ3) is 2.73. The molecule has 5 heteroatoms. The van der Waals surface area contributed by atoms with Crippen LogP contribution in [0.4, 0.5) is 0 Å². The van der Waals surface area contributed by atoms with Gasteiger partial charge in [-0.3, -0.25) is 4.68 Å². The van der Waals surface area contributed by atoms with E-state index in [1.807, 2.05) is 17.9 Å². The van der Waals surface area contributed by atoms with Crippen LogP contribution in [0, 0.1) is 0 Å². The van der Waals surface area contributed by atoms with Crippen LogP contribution in [-0.2, 0) is 11.8 Å². The van der Waals surface area contributed by atoms with Gasteiger partial charge in [0.2, 0.25) is 0 Å². The number of aromatic nitrogens is 2. The van der Waals surface area contributed by atoms with Gasteiger partial charge >= 0.3 is 0 Å². The fourth-order valence-corrected chi connectivity index (χ4v) is 4.00. The highest BCUT2D eigenvalue weighted by molar-refractivity contribution is 7.99. The van der Waals surface area contributed by atoms with E-state index in [-0.39, 0.29) is 6.10 Å². The molecule has 0 saturated carbocycles. The standard InChI is InChI=1S/C13H21N3OS/c1-16-8-10(7-14-16)13-12(3-2-5-17-13)15-11-4-6-18-9-11/h7-8,11-13,15H,2-6,9H2,1H3/t11-,12-,13+/m0/s1. The zero-order valence-corrected chi connectivity index (χ0v) is 11.7. The van der Waals surface area contributed by atoms with E-state index in [0.29, 0.717) is 12.1 Å². The molecule has 0 bridgehead atoms. The van der Waals surface area contributed by atoms with Crippen molar-refractivity contribution < 1.29 is 4.74 Å². The van der Waals surface area contributed by atoms with E-state index in [9.17, 15) is 0 Å². The molecule has 4 nitrogen and oxygen atoms in total. The molecule has 2 saturated heterocycles. The van der Waals surface area contributed by atoms with Crippen molar-refractivity contribution in [1.82, 2.24) is 15.1 Å². The normalized spacial score (nSPS) is 32.8. The van der Waals surface area contributed by atoms with E-state index in [0.717, 1.165) is 13.0 Å². The van der Waals surface area contributed by atoms with Crippen molar-refractivity contribution in [3.8, 4) is 0 Å². The fraction of sp³-hybridized carbons (Fsp3) is 0.769. The summed E-state index contributed by atoms with van der Waals surface area (Å²) in [7, 11) is 1.96. The molecule has 0 aromatic carbocycles. The molecule has 3 atom stereocenters. The predicted molar refractivity (Wildman–Crippen MR) is 73.8 cm³/mol. The van der Waals surface area contributed by atoms with Crippen molar-refractivity contribution >= 4 is 11.8 Å². The number of hydrogen-bond donors (Lipinski definition) is 1. The molecule has 3 rings (SSSR count). The van der Waals surface area contributed by atoms with Crippen LogP contribution < -0.4 is 5.32 Å². The van der Waals surface area contributed by atoms with Crippen LogP contribution in [0.2, 0.25) is 0 Å². The third-order valence-corrected chi connectivity index (χ3v) is 4.92. The molecular weight excluding hydrogens is 246 g/mol. The molecule has 100 valence electrons. The molecule has 1 aromatic heterocycles. The van der Waals surface area contributed by atoms with Gasteiger partial charge in [-0.05, 0) is 25.0 Å². The second kappa shape index (κ2) is 5.63. The van der Waals surface area contributed by atoms with Crippen LogP contribution in [0.5, 0.6) is 0 Å². The number of nitrogens with one attached hydrogen (secondary N) is 1. The van der Waals surface area contributed by atoms with Crippen LogP contribution in [0.1, 0.15) is 30.9 Å². The first kappa shape index (κ1) is 12.5. The number of aryl methyl sites for hydroxylation is 1. The van der Waals surface area contributed by atoms with E-state index in [2.05, 4.69) is 28.4 Å². The quantitative estimate of drug-likeness (QED) is 0.905. The largest absolute Gasteiger partial charge is 0.372 e. The Hall–Kier alpha value is -0.520. The van der Waals surface area contributed by atoms with Gasteiger partial charge in [-0.25, -0.2) is 0 Å². The summed E-state index contributed by atoms with van der Waals surface area (Å²) < 4.78 is 7.83. The van der Waals surface area contributed by atoms with Crippen molar-refractivity contribution in [1.29, 1.82) is 0 Å². The summed E-state index contributed by atoms with van der Waals surface area (Å²) >= 11 is 2.05. The minimum Gasteiger partial charge on any atom is -0.372 e. The van der Waals surface area contributed by atoms with Crippen LogP contribution in [0.15, 0.2) is 12.4 Å². The van der Waals surface area contributed by atoms with Crippen molar-refractivity contribution in [2.45, 2.75) is 37.5 Å². The molecule has 3 heterocycles. The van der Waals surface area contributed by atoms with E-state index in [4.69, 9.17) is 4.74 Å². The molecular formula is C13H21N3OS. The zero-order chi connectivity index (χ0) is 12.4. The Balaban J connectivity index is 1.69. The monoisotopic (exact) mass is 267 g/mol. The Labute approximate surface area is 112 Å². The van der Waals surface area contributed by atoms with Gasteiger partial charge in [-0.2, -0.15) is 16.9 Å². The van der Waals surface area contributed by atoms with Crippen molar-refractivity contribution in [3.63, 3.8) is 0 Å². The van der Waals surface area contributed by atoms with Gasteiger partial charge in [0.25, 0.3) is 0 Å². The maximum atomic E-state index is 5.98. The molecule has 0 aliphatic carbocycles. The van der Waals surface area contributed by atoms with E-state index in [1.54, 1.807) is 0 Å².